The van der Waals surface area contributed by atoms with Crippen LogP contribution in [-0.2, 0) is 6.18 Å². The van der Waals surface area contributed by atoms with Gasteiger partial charge < -0.3 is 4.90 Å². The Morgan fingerprint density at radius 1 is 1.24 bits per heavy atom. The molecule has 4 heteroatoms. The second-order valence-corrected chi connectivity index (χ2v) is 5.38. The molecule has 0 fully saturated rings. The number of benzene rings is 2. The van der Waals surface area contributed by atoms with E-state index in [0.29, 0.717) is 11.9 Å². The van der Waals surface area contributed by atoms with Crippen molar-refractivity contribution in [3.63, 3.8) is 0 Å². The fourth-order valence-electron chi connectivity index (χ4n) is 3.19. The Kier molecular flexibility index (Phi) is 3.09. The van der Waals surface area contributed by atoms with E-state index in [2.05, 4.69) is 5.92 Å². The highest BCUT2D eigenvalue weighted by Gasteiger charge is 2.34. The minimum atomic E-state index is -4.34. The van der Waals surface area contributed by atoms with E-state index >= 15 is 0 Å². The Hall–Kier alpha value is -2.15. The van der Waals surface area contributed by atoms with Crippen molar-refractivity contribution in [3.8, 4) is 12.3 Å². The molecule has 0 radical (unpaired) electrons. The molecule has 108 valence electrons. The molecular formula is C17H14F3N. The largest absolute Gasteiger partial charge is 0.417 e. The summed E-state index contributed by atoms with van der Waals surface area (Å²) in [7, 11) is 0. The van der Waals surface area contributed by atoms with Gasteiger partial charge in [-0.1, -0.05) is 31.0 Å². The highest BCUT2D eigenvalue weighted by atomic mass is 19.4. The number of hydrogen-bond acceptors (Lipinski definition) is 1. The summed E-state index contributed by atoms with van der Waals surface area (Å²) < 4.78 is 39.4. The van der Waals surface area contributed by atoms with Gasteiger partial charge in [-0.15, -0.1) is 6.42 Å². The van der Waals surface area contributed by atoms with E-state index in [1.54, 1.807) is 18.2 Å². The lowest BCUT2D eigenvalue weighted by atomic mass is 9.94. The average molecular weight is 289 g/mol. The molecule has 0 aromatic heterocycles. The number of nitrogens with zero attached hydrogens (tertiary/aromatic N) is 1. The van der Waals surface area contributed by atoms with Crippen LogP contribution >= 0.6 is 0 Å². The maximum Gasteiger partial charge on any atom is 0.417 e. The van der Waals surface area contributed by atoms with Crippen LogP contribution in [0.25, 0.3) is 10.8 Å². The van der Waals surface area contributed by atoms with Crippen LogP contribution in [0.5, 0.6) is 0 Å². The zero-order chi connectivity index (χ0) is 15.2. The summed E-state index contributed by atoms with van der Waals surface area (Å²) in [5.74, 6) is 2.77. The molecule has 1 aliphatic heterocycles. The van der Waals surface area contributed by atoms with E-state index < -0.39 is 11.7 Å². The van der Waals surface area contributed by atoms with Crippen LogP contribution in [0.3, 0.4) is 0 Å². The van der Waals surface area contributed by atoms with Crippen LogP contribution in [0.2, 0.25) is 0 Å². The lowest BCUT2D eigenvalue weighted by Crippen LogP contribution is -2.21. The fourth-order valence-corrected chi connectivity index (χ4v) is 3.19. The van der Waals surface area contributed by atoms with Gasteiger partial charge in [-0.3, -0.25) is 0 Å². The summed E-state index contributed by atoms with van der Waals surface area (Å²) in [5, 5.41) is 0.938. The molecule has 2 aromatic rings. The molecular weight excluding hydrogens is 275 g/mol. The van der Waals surface area contributed by atoms with E-state index in [1.165, 1.54) is 6.07 Å². The van der Waals surface area contributed by atoms with Crippen molar-refractivity contribution in [2.24, 2.45) is 0 Å². The molecule has 1 unspecified atom stereocenters. The van der Waals surface area contributed by atoms with Gasteiger partial charge in [0.05, 0.1) is 12.1 Å². The van der Waals surface area contributed by atoms with Crippen LogP contribution in [0.1, 0.15) is 24.0 Å². The van der Waals surface area contributed by atoms with E-state index in [0.717, 1.165) is 23.9 Å². The zero-order valence-corrected chi connectivity index (χ0v) is 11.5. The SMILES string of the molecule is C#CCN1CC(C)c2c1ccc1c(C(F)(F)F)cccc21. The summed E-state index contributed by atoms with van der Waals surface area (Å²) in [5.41, 5.74) is 1.34. The minimum absolute atomic E-state index is 0.167. The molecule has 1 nitrogen and oxygen atoms in total. The quantitative estimate of drug-likeness (QED) is 0.703. The van der Waals surface area contributed by atoms with Crippen LogP contribution in [0.15, 0.2) is 30.3 Å². The van der Waals surface area contributed by atoms with Gasteiger partial charge in [0.15, 0.2) is 0 Å². The maximum absolute atomic E-state index is 13.1. The van der Waals surface area contributed by atoms with Gasteiger partial charge in [-0.25, -0.2) is 0 Å². The number of alkyl halides is 3. The molecule has 0 bridgehead atoms. The van der Waals surface area contributed by atoms with Crippen molar-refractivity contribution >= 4 is 16.5 Å². The first-order chi connectivity index (χ1) is 9.93. The predicted molar refractivity (Wildman–Crippen MR) is 78.4 cm³/mol. The van der Waals surface area contributed by atoms with Crippen LogP contribution < -0.4 is 4.90 Å². The highest BCUT2D eigenvalue weighted by molar-refractivity contribution is 5.94. The third-order valence-electron chi connectivity index (χ3n) is 4.00. The van der Waals surface area contributed by atoms with Crippen LogP contribution in [0.4, 0.5) is 18.9 Å². The number of fused-ring (bicyclic) bond motifs is 3. The molecule has 0 aliphatic carbocycles. The second-order valence-electron chi connectivity index (χ2n) is 5.38. The van der Waals surface area contributed by atoms with E-state index in [4.69, 9.17) is 6.42 Å². The average Bonchev–Trinajstić information content (AvgIpc) is 2.74. The Morgan fingerprint density at radius 2 is 2.00 bits per heavy atom. The number of rotatable bonds is 1. The molecule has 1 atom stereocenters. The lowest BCUT2D eigenvalue weighted by molar-refractivity contribution is -0.136. The molecule has 0 amide bonds. The molecule has 1 aliphatic rings. The van der Waals surface area contributed by atoms with Crippen LogP contribution in [-0.4, -0.2) is 13.1 Å². The van der Waals surface area contributed by atoms with Crippen molar-refractivity contribution in [1.82, 2.24) is 0 Å². The lowest BCUT2D eigenvalue weighted by Gasteiger charge is -2.17. The van der Waals surface area contributed by atoms with E-state index in [9.17, 15) is 13.2 Å². The van der Waals surface area contributed by atoms with Crippen LogP contribution in [0, 0.1) is 12.3 Å². The van der Waals surface area contributed by atoms with Crippen molar-refractivity contribution < 1.29 is 13.2 Å². The van der Waals surface area contributed by atoms with Gasteiger partial charge in [0.25, 0.3) is 0 Å². The van der Waals surface area contributed by atoms with Crippen molar-refractivity contribution in [3.05, 3.63) is 41.5 Å². The Balaban J connectivity index is 2.27. The number of anilines is 1. The minimum Gasteiger partial charge on any atom is -0.360 e. The van der Waals surface area contributed by atoms with Gasteiger partial charge in [0.2, 0.25) is 0 Å². The van der Waals surface area contributed by atoms with Gasteiger partial charge in [-0.05, 0) is 28.5 Å². The fraction of sp³-hybridized carbons (Fsp3) is 0.294. The van der Waals surface area contributed by atoms with Gasteiger partial charge in [0.1, 0.15) is 0 Å². The first-order valence-electron chi connectivity index (χ1n) is 6.74. The molecule has 1 heterocycles. The molecule has 0 saturated heterocycles. The topological polar surface area (TPSA) is 3.24 Å². The van der Waals surface area contributed by atoms with Crippen molar-refractivity contribution in [2.45, 2.75) is 19.0 Å². The number of terminal acetylenes is 1. The summed E-state index contributed by atoms with van der Waals surface area (Å²) in [6.07, 6.45) is 1.03. The van der Waals surface area contributed by atoms with Crippen molar-refractivity contribution in [2.75, 3.05) is 18.0 Å². The first-order valence-corrected chi connectivity index (χ1v) is 6.74. The standard InChI is InChI=1S/C17H14F3N/c1-3-9-21-10-11(2)16-13-5-4-6-14(17(18,19)20)12(13)7-8-15(16)21/h1,4-8,11H,9-10H2,2H3. The highest BCUT2D eigenvalue weighted by Crippen LogP contribution is 2.43. The monoisotopic (exact) mass is 289 g/mol. The zero-order valence-electron chi connectivity index (χ0n) is 11.5. The number of halogens is 3. The Morgan fingerprint density at radius 3 is 2.67 bits per heavy atom. The maximum atomic E-state index is 13.1. The predicted octanol–water partition coefficient (Wildman–Crippen LogP) is 4.42. The molecule has 21 heavy (non-hydrogen) atoms. The molecule has 3 rings (SSSR count). The normalized spacial score (nSPS) is 17.9. The molecule has 0 spiro atoms. The summed E-state index contributed by atoms with van der Waals surface area (Å²) in [6.45, 7) is 3.24. The van der Waals surface area contributed by atoms with Gasteiger partial charge in [-0.2, -0.15) is 13.2 Å². The van der Waals surface area contributed by atoms with Crippen molar-refractivity contribution in [1.29, 1.82) is 0 Å². The summed E-state index contributed by atoms with van der Waals surface area (Å²) in [4.78, 5) is 2.04. The third-order valence-corrected chi connectivity index (χ3v) is 4.00. The van der Waals surface area contributed by atoms with E-state index in [1.807, 2.05) is 11.8 Å². The Bertz CT molecular complexity index is 740. The molecule has 0 saturated carbocycles. The first kappa shape index (κ1) is 13.8. The third kappa shape index (κ3) is 2.13. The second kappa shape index (κ2) is 4.70. The summed E-state index contributed by atoms with van der Waals surface area (Å²) >= 11 is 0. The molecule has 2 aromatic carbocycles. The number of hydrogen-bond donors (Lipinski definition) is 0. The van der Waals surface area contributed by atoms with Gasteiger partial charge >= 0.3 is 6.18 Å². The smallest absolute Gasteiger partial charge is 0.360 e. The summed E-state index contributed by atoms with van der Waals surface area (Å²) in [6, 6.07) is 7.68. The van der Waals surface area contributed by atoms with E-state index in [-0.39, 0.29) is 11.3 Å². The Labute approximate surface area is 121 Å². The molecule has 0 N–H and O–H groups in total. The van der Waals surface area contributed by atoms with Gasteiger partial charge in [0, 0.05) is 18.2 Å².